The minimum Gasteiger partial charge on any atom is -0.364 e. The van der Waals surface area contributed by atoms with Crippen LogP contribution >= 0.6 is 11.6 Å². The molecule has 2 aliphatic rings. The topological polar surface area (TPSA) is 104 Å². The van der Waals surface area contributed by atoms with Crippen LogP contribution in [-0.4, -0.2) is 54.7 Å². The molecule has 1 aliphatic carbocycles. The number of rotatable bonds is 6. The Morgan fingerprint density at radius 1 is 1.42 bits per heavy atom. The number of nitrogens with one attached hydrogen (secondary N) is 3. The highest BCUT2D eigenvalue weighted by atomic mass is 35.5. The van der Waals surface area contributed by atoms with Crippen molar-refractivity contribution in [2.75, 3.05) is 23.7 Å². The van der Waals surface area contributed by atoms with Gasteiger partial charge in [0.15, 0.2) is 0 Å². The molecule has 1 aliphatic heterocycles. The molecule has 1 spiro atoms. The van der Waals surface area contributed by atoms with Gasteiger partial charge < -0.3 is 20.5 Å². The molecule has 0 radical (unpaired) electrons. The number of amides is 1. The molecular formula is C21H25ClN8O. The van der Waals surface area contributed by atoms with E-state index in [9.17, 15) is 4.79 Å². The third-order valence-corrected chi connectivity index (χ3v) is 6.71. The quantitative estimate of drug-likeness (QED) is 0.506. The van der Waals surface area contributed by atoms with Gasteiger partial charge in [-0.15, -0.1) is 0 Å². The number of carbonyl (C=O) groups excluding carboxylic acids is 1. The van der Waals surface area contributed by atoms with Crippen molar-refractivity contribution >= 4 is 46.0 Å². The van der Waals surface area contributed by atoms with Crippen LogP contribution in [0, 0.1) is 5.41 Å². The summed E-state index contributed by atoms with van der Waals surface area (Å²) in [6.45, 7) is 7.82. The zero-order valence-corrected chi connectivity index (χ0v) is 18.1. The van der Waals surface area contributed by atoms with Gasteiger partial charge in [0.25, 0.3) is 0 Å². The maximum absolute atomic E-state index is 12.2. The van der Waals surface area contributed by atoms with Crippen LogP contribution in [0.4, 0.5) is 17.5 Å². The third-order valence-electron chi connectivity index (χ3n) is 6.41. The summed E-state index contributed by atoms with van der Waals surface area (Å²) >= 11 is 6.46. The van der Waals surface area contributed by atoms with E-state index >= 15 is 0 Å². The molecule has 2 fully saturated rings. The summed E-state index contributed by atoms with van der Waals surface area (Å²) in [6.07, 6.45) is 10.0. The number of hydrogen-bond donors (Lipinski definition) is 3. The number of likely N-dealkylation sites (tertiary alicyclic amines) is 1. The molecule has 0 bridgehead atoms. The van der Waals surface area contributed by atoms with E-state index in [1.54, 1.807) is 12.4 Å². The second-order valence-electron chi connectivity index (χ2n) is 8.26. The molecule has 3 aromatic heterocycles. The number of aromatic amines is 1. The van der Waals surface area contributed by atoms with Crippen molar-refractivity contribution < 1.29 is 4.79 Å². The van der Waals surface area contributed by atoms with E-state index in [0.29, 0.717) is 29.0 Å². The normalized spacial score (nSPS) is 19.5. The second kappa shape index (κ2) is 7.56. The molecule has 4 heterocycles. The Balaban J connectivity index is 1.47. The number of hydrogen-bond acceptors (Lipinski definition) is 6. The molecule has 3 aromatic rings. The summed E-state index contributed by atoms with van der Waals surface area (Å²) in [6, 6.07) is 0.0879. The van der Waals surface area contributed by atoms with E-state index in [4.69, 9.17) is 16.6 Å². The van der Waals surface area contributed by atoms with Crippen LogP contribution in [0.5, 0.6) is 0 Å². The van der Waals surface area contributed by atoms with Gasteiger partial charge >= 0.3 is 0 Å². The average Bonchev–Trinajstić information content (AvgIpc) is 3.23. The minimum absolute atomic E-state index is 0.0369. The highest BCUT2D eigenvalue weighted by Crippen LogP contribution is 2.54. The van der Waals surface area contributed by atoms with Gasteiger partial charge in [-0.3, -0.25) is 9.48 Å². The average molecular weight is 441 g/mol. The van der Waals surface area contributed by atoms with Crippen molar-refractivity contribution in [2.24, 2.45) is 5.41 Å². The number of aromatic nitrogens is 5. The zero-order chi connectivity index (χ0) is 21.6. The van der Waals surface area contributed by atoms with Crippen LogP contribution in [0.15, 0.2) is 31.2 Å². The summed E-state index contributed by atoms with van der Waals surface area (Å²) in [5.41, 5.74) is 1.66. The highest BCUT2D eigenvalue weighted by Gasteiger charge is 2.52. The summed E-state index contributed by atoms with van der Waals surface area (Å²) in [5, 5.41) is 12.4. The molecule has 10 heteroatoms. The molecule has 1 saturated carbocycles. The fraction of sp³-hybridized carbons (Fsp3) is 0.429. The van der Waals surface area contributed by atoms with E-state index < -0.39 is 0 Å². The van der Waals surface area contributed by atoms with Gasteiger partial charge in [0.2, 0.25) is 11.9 Å². The van der Waals surface area contributed by atoms with Gasteiger partial charge in [-0.1, -0.05) is 18.2 Å². The molecule has 1 atom stereocenters. The summed E-state index contributed by atoms with van der Waals surface area (Å²) < 4.78 is 1.83. The lowest BCUT2D eigenvalue weighted by Gasteiger charge is -2.39. The highest BCUT2D eigenvalue weighted by molar-refractivity contribution is 6.36. The van der Waals surface area contributed by atoms with Crippen LogP contribution in [0.2, 0.25) is 5.02 Å². The summed E-state index contributed by atoms with van der Waals surface area (Å²) in [7, 11) is 0. The van der Waals surface area contributed by atoms with Crippen molar-refractivity contribution in [2.45, 2.75) is 38.8 Å². The molecule has 0 aromatic carbocycles. The first-order chi connectivity index (χ1) is 15.0. The fourth-order valence-electron chi connectivity index (χ4n) is 4.38. The zero-order valence-electron chi connectivity index (χ0n) is 17.4. The van der Waals surface area contributed by atoms with Crippen molar-refractivity contribution in [1.82, 2.24) is 29.6 Å². The Morgan fingerprint density at radius 3 is 2.97 bits per heavy atom. The number of nitrogens with zero attached hydrogens (tertiary/aromatic N) is 5. The molecule has 1 amide bonds. The third kappa shape index (κ3) is 3.63. The van der Waals surface area contributed by atoms with E-state index in [1.165, 1.54) is 6.08 Å². The van der Waals surface area contributed by atoms with Gasteiger partial charge in [0, 0.05) is 32.0 Å². The lowest BCUT2D eigenvalue weighted by molar-refractivity contribution is -0.127. The molecule has 1 saturated heterocycles. The molecular weight excluding hydrogens is 416 g/mol. The number of fused-ring (bicyclic) bond motifs is 1. The smallest absolute Gasteiger partial charge is 0.246 e. The molecule has 0 unspecified atom stereocenters. The largest absolute Gasteiger partial charge is 0.364 e. The van der Waals surface area contributed by atoms with Crippen LogP contribution in [0.25, 0.3) is 11.0 Å². The number of aryl methyl sites for hydroxylation is 1. The Labute approximate surface area is 184 Å². The standard InChI is InChI=1S/C21H25ClN8O/c1-3-16(31)29-8-7-21(5-6-21)15(12-29)26-19-17-14(22)10-23-18(17)27-20(28-19)25-13-9-24-30(4-2)11-13/h3,9-11,15H,1,4-8,12H2,2H3,(H3,23,25,26,27,28)/t15-/m1/s1. The summed E-state index contributed by atoms with van der Waals surface area (Å²) in [5.74, 6) is 1.07. The molecule has 5 rings (SSSR count). The van der Waals surface area contributed by atoms with Crippen molar-refractivity contribution in [1.29, 1.82) is 0 Å². The Kier molecular flexibility index (Phi) is 4.85. The number of anilines is 3. The first-order valence-electron chi connectivity index (χ1n) is 10.5. The monoisotopic (exact) mass is 440 g/mol. The maximum Gasteiger partial charge on any atom is 0.246 e. The van der Waals surface area contributed by atoms with Gasteiger partial charge in [0.05, 0.1) is 28.3 Å². The van der Waals surface area contributed by atoms with Gasteiger partial charge in [-0.25, -0.2) is 0 Å². The SMILES string of the molecule is C=CC(=O)N1CCC2(CC2)[C@H](Nc2nc(Nc3cnn(CC)c3)nc3[nH]cc(Cl)c23)C1. The molecule has 31 heavy (non-hydrogen) atoms. The Morgan fingerprint density at radius 2 is 2.26 bits per heavy atom. The van der Waals surface area contributed by atoms with Gasteiger partial charge in [-0.05, 0) is 37.7 Å². The number of piperidine rings is 1. The number of carbonyl (C=O) groups is 1. The lowest BCUT2D eigenvalue weighted by Crippen LogP contribution is -2.50. The van der Waals surface area contributed by atoms with Crippen molar-refractivity contribution in [3.05, 3.63) is 36.3 Å². The van der Waals surface area contributed by atoms with E-state index in [1.807, 2.05) is 22.7 Å². The molecule has 162 valence electrons. The maximum atomic E-state index is 12.2. The van der Waals surface area contributed by atoms with Crippen LogP contribution in [0.3, 0.4) is 0 Å². The van der Waals surface area contributed by atoms with Crippen molar-refractivity contribution in [3.63, 3.8) is 0 Å². The lowest BCUT2D eigenvalue weighted by atomic mass is 9.88. The molecule has 3 N–H and O–H groups in total. The molecule has 9 nitrogen and oxygen atoms in total. The first kappa shape index (κ1) is 19.9. The Bertz CT molecular complexity index is 1150. The van der Waals surface area contributed by atoms with Crippen LogP contribution in [-0.2, 0) is 11.3 Å². The predicted octanol–water partition coefficient (Wildman–Crippen LogP) is 3.55. The minimum atomic E-state index is -0.0369. The van der Waals surface area contributed by atoms with Crippen molar-refractivity contribution in [3.8, 4) is 0 Å². The van der Waals surface area contributed by atoms with E-state index in [0.717, 1.165) is 43.4 Å². The van der Waals surface area contributed by atoms with Gasteiger partial charge in [-0.2, -0.15) is 15.1 Å². The number of H-pyrrole nitrogens is 1. The summed E-state index contributed by atoms with van der Waals surface area (Å²) in [4.78, 5) is 26.5. The fourth-order valence-corrected chi connectivity index (χ4v) is 4.61. The van der Waals surface area contributed by atoms with Crippen LogP contribution in [0.1, 0.15) is 26.2 Å². The van der Waals surface area contributed by atoms with Gasteiger partial charge in [0.1, 0.15) is 11.5 Å². The number of halogens is 1. The van der Waals surface area contributed by atoms with E-state index in [-0.39, 0.29) is 17.4 Å². The predicted molar refractivity (Wildman–Crippen MR) is 121 cm³/mol. The second-order valence-corrected chi connectivity index (χ2v) is 8.67. The Hall–Kier alpha value is -3.07. The van der Waals surface area contributed by atoms with Crippen LogP contribution < -0.4 is 10.6 Å². The van der Waals surface area contributed by atoms with E-state index in [2.05, 4.69) is 32.3 Å². The first-order valence-corrected chi connectivity index (χ1v) is 10.9.